The first kappa shape index (κ1) is 11.9. The molecule has 0 aliphatic rings. The first-order chi connectivity index (χ1) is 7.99. The smallest absolute Gasteiger partial charge is 0.319 e. The second kappa shape index (κ2) is 4.37. The third-order valence-electron chi connectivity index (χ3n) is 2.38. The zero-order valence-electron chi connectivity index (χ0n) is 9.62. The number of nitrogens with zero attached hydrogens (tertiary/aromatic N) is 3. The first-order valence-electron chi connectivity index (χ1n) is 5.15. The van der Waals surface area contributed by atoms with Crippen LogP contribution in [0.1, 0.15) is 19.5 Å². The molecule has 0 spiro atoms. The Kier molecular flexibility index (Phi) is 3.06. The Labute approximate surface area is 103 Å². The van der Waals surface area contributed by atoms with E-state index in [1.54, 1.807) is 20.0 Å². The molecule has 0 aromatic carbocycles. The van der Waals surface area contributed by atoms with Crippen LogP contribution in [-0.2, 0) is 10.5 Å². The standard InChI is InChI=1S/C11H13N3O2S/c1-11(2,9(15)16)17-7-8-6-14-5-3-4-12-10(14)13-8/h3-6H,7H2,1-2H3,(H,15,16). The fraction of sp³-hybridized carbons (Fsp3) is 0.364. The Balaban J connectivity index is 2.12. The summed E-state index contributed by atoms with van der Waals surface area (Å²) in [7, 11) is 0. The third kappa shape index (κ3) is 2.58. The number of carboxylic acid groups (broad SMARTS) is 1. The zero-order chi connectivity index (χ0) is 12.5. The van der Waals surface area contributed by atoms with Crippen LogP contribution in [0, 0.1) is 0 Å². The van der Waals surface area contributed by atoms with E-state index in [1.165, 1.54) is 11.8 Å². The van der Waals surface area contributed by atoms with Gasteiger partial charge in [-0.15, -0.1) is 11.8 Å². The minimum absolute atomic E-state index is 0.558. The van der Waals surface area contributed by atoms with Crippen LogP contribution in [0.3, 0.4) is 0 Å². The van der Waals surface area contributed by atoms with Crippen LogP contribution in [0.15, 0.2) is 24.7 Å². The average Bonchev–Trinajstić information content (AvgIpc) is 2.69. The molecule has 0 radical (unpaired) electrons. The van der Waals surface area contributed by atoms with Gasteiger partial charge in [0.2, 0.25) is 5.78 Å². The topological polar surface area (TPSA) is 67.5 Å². The Morgan fingerprint density at radius 2 is 2.35 bits per heavy atom. The van der Waals surface area contributed by atoms with E-state index in [4.69, 9.17) is 5.11 Å². The quantitative estimate of drug-likeness (QED) is 0.897. The van der Waals surface area contributed by atoms with Crippen LogP contribution < -0.4 is 0 Å². The summed E-state index contributed by atoms with van der Waals surface area (Å²) in [5.74, 6) is 0.378. The normalized spacial score (nSPS) is 11.9. The van der Waals surface area contributed by atoms with E-state index in [9.17, 15) is 4.79 Å². The molecule has 0 fully saturated rings. The Morgan fingerprint density at radius 3 is 3.00 bits per heavy atom. The number of carboxylic acids is 1. The van der Waals surface area contributed by atoms with Gasteiger partial charge in [0.1, 0.15) is 4.75 Å². The number of imidazole rings is 1. The molecule has 0 unspecified atom stereocenters. The highest BCUT2D eigenvalue weighted by molar-refractivity contribution is 8.00. The van der Waals surface area contributed by atoms with Gasteiger partial charge in [-0.3, -0.25) is 9.20 Å². The monoisotopic (exact) mass is 251 g/mol. The summed E-state index contributed by atoms with van der Waals surface area (Å²) < 4.78 is 1.02. The summed E-state index contributed by atoms with van der Waals surface area (Å²) in [6.07, 6.45) is 5.42. The molecule has 0 amide bonds. The minimum Gasteiger partial charge on any atom is -0.480 e. The summed E-state index contributed by atoms with van der Waals surface area (Å²) in [5.41, 5.74) is 0.836. The molecule has 5 nitrogen and oxygen atoms in total. The van der Waals surface area contributed by atoms with Crippen molar-refractivity contribution in [2.45, 2.75) is 24.3 Å². The fourth-order valence-electron chi connectivity index (χ4n) is 1.27. The number of fused-ring (bicyclic) bond motifs is 1. The van der Waals surface area contributed by atoms with Crippen LogP contribution in [0.2, 0.25) is 0 Å². The highest BCUT2D eigenvalue weighted by Crippen LogP contribution is 2.27. The van der Waals surface area contributed by atoms with Gasteiger partial charge in [-0.05, 0) is 19.9 Å². The van der Waals surface area contributed by atoms with Crippen LogP contribution in [-0.4, -0.2) is 30.2 Å². The predicted molar refractivity (Wildman–Crippen MR) is 66.0 cm³/mol. The largest absolute Gasteiger partial charge is 0.480 e. The number of hydrogen-bond acceptors (Lipinski definition) is 4. The van der Waals surface area contributed by atoms with Crippen molar-refractivity contribution in [1.29, 1.82) is 0 Å². The number of rotatable bonds is 4. The van der Waals surface area contributed by atoms with Crippen molar-refractivity contribution in [2.24, 2.45) is 0 Å². The molecule has 2 aromatic rings. The summed E-state index contributed by atoms with van der Waals surface area (Å²) in [4.78, 5) is 19.4. The number of hydrogen-bond donors (Lipinski definition) is 1. The molecule has 1 N–H and O–H groups in total. The molecule has 0 saturated heterocycles. The van der Waals surface area contributed by atoms with Gasteiger partial charge in [-0.25, -0.2) is 9.97 Å². The lowest BCUT2D eigenvalue weighted by Crippen LogP contribution is -2.27. The Morgan fingerprint density at radius 1 is 1.59 bits per heavy atom. The highest BCUT2D eigenvalue weighted by atomic mass is 32.2. The maximum absolute atomic E-state index is 11.0. The summed E-state index contributed by atoms with van der Waals surface area (Å²) in [6, 6.07) is 1.83. The maximum atomic E-state index is 11.0. The van der Waals surface area contributed by atoms with Gasteiger partial charge in [0.25, 0.3) is 0 Å². The SMILES string of the molecule is CC(C)(SCc1cn2cccnc2n1)C(=O)O. The van der Waals surface area contributed by atoms with Crippen molar-refractivity contribution >= 4 is 23.5 Å². The van der Waals surface area contributed by atoms with Crippen molar-refractivity contribution < 1.29 is 9.90 Å². The lowest BCUT2D eigenvalue weighted by atomic mass is 10.2. The second-order valence-corrected chi connectivity index (χ2v) is 5.76. The molecule has 6 heteroatoms. The molecular formula is C11H13N3O2S. The van der Waals surface area contributed by atoms with Crippen molar-refractivity contribution in [2.75, 3.05) is 0 Å². The molecule has 2 aromatic heterocycles. The van der Waals surface area contributed by atoms with Crippen LogP contribution in [0.4, 0.5) is 0 Å². The van der Waals surface area contributed by atoms with Gasteiger partial charge < -0.3 is 5.11 Å². The lowest BCUT2D eigenvalue weighted by molar-refractivity contribution is -0.138. The molecule has 17 heavy (non-hydrogen) atoms. The van der Waals surface area contributed by atoms with Crippen LogP contribution in [0.25, 0.3) is 5.78 Å². The van der Waals surface area contributed by atoms with Gasteiger partial charge in [0, 0.05) is 24.3 Å². The van der Waals surface area contributed by atoms with Crippen LogP contribution >= 0.6 is 11.8 Å². The van der Waals surface area contributed by atoms with Crippen LogP contribution in [0.5, 0.6) is 0 Å². The number of carbonyl (C=O) groups is 1. The summed E-state index contributed by atoms with van der Waals surface area (Å²) in [6.45, 7) is 3.38. The minimum atomic E-state index is -0.815. The van der Waals surface area contributed by atoms with Crippen molar-refractivity contribution in [3.05, 3.63) is 30.4 Å². The predicted octanol–water partition coefficient (Wildman–Crippen LogP) is 1.83. The molecule has 0 saturated carbocycles. The van der Waals surface area contributed by atoms with Crippen molar-refractivity contribution in [3.63, 3.8) is 0 Å². The lowest BCUT2D eigenvalue weighted by Gasteiger charge is -2.17. The van der Waals surface area contributed by atoms with E-state index in [-0.39, 0.29) is 0 Å². The third-order valence-corrected chi connectivity index (χ3v) is 3.72. The first-order valence-corrected chi connectivity index (χ1v) is 6.13. The van der Waals surface area contributed by atoms with E-state index in [2.05, 4.69) is 9.97 Å². The van der Waals surface area contributed by atoms with E-state index in [0.717, 1.165) is 5.69 Å². The molecule has 0 bridgehead atoms. The van der Waals surface area contributed by atoms with Crippen molar-refractivity contribution in [3.8, 4) is 0 Å². The van der Waals surface area contributed by atoms with Gasteiger partial charge in [0.05, 0.1) is 5.69 Å². The highest BCUT2D eigenvalue weighted by Gasteiger charge is 2.27. The second-order valence-electron chi connectivity index (χ2n) is 4.16. The summed E-state index contributed by atoms with van der Waals surface area (Å²) in [5, 5.41) is 9.00. The average molecular weight is 251 g/mol. The molecule has 90 valence electrons. The maximum Gasteiger partial charge on any atom is 0.319 e. The summed E-state index contributed by atoms with van der Waals surface area (Å²) >= 11 is 1.35. The fourth-order valence-corrected chi connectivity index (χ4v) is 2.04. The van der Waals surface area contributed by atoms with Gasteiger partial charge in [0.15, 0.2) is 0 Å². The molecule has 2 rings (SSSR count). The number of aliphatic carboxylic acids is 1. The van der Waals surface area contributed by atoms with Gasteiger partial charge in [-0.1, -0.05) is 0 Å². The molecule has 0 aliphatic heterocycles. The molecule has 2 heterocycles. The van der Waals surface area contributed by atoms with Gasteiger partial charge in [-0.2, -0.15) is 0 Å². The van der Waals surface area contributed by atoms with E-state index >= 15 is 0 Å². The van der Waals surface area contributed by atoms with E-state index in [1.807, 2.05) is 22.9 Å². The molecule has 0 atom stereocenters. The Hall–Kier alpha value is -1.56. The Bertz CT molecular complexity index is 517. The number of thioether (sulfide) groups is 1. The van der Waals surface area contributed by atoms with E-state index < -0.39 is 10.7 Å². The zero-order valence-corrected chi connectivity index (χ0v) is 10.4. The molecular weight excluding hydrogens is 238 g/mol. The van der Waals surface area contributed by atoms with Gasteiger partial charge >= 0.3 is 5.97 Å². The van der Waals surface area contributed by atoms with Crippen molar-refractivity contribution in [1.82, 2.24) is 14.4 Å². The van der Waals surface area contributed by atoms with E-state index in [0.29, 0.717) is 11.5 Å². The number of aromatic nitrogens is 3. The molecule has 0 aliphatic carbocycles.